The minimum Gasteiger partial charge on any atom is -0.423 e. The van der Waals surface area contributed by atoms with Crippen molar-refractivity contribution in [3.05, 3.63) is 24.3 Å². The molecule has 0 heterocycles. The van der Waals surface area contributed by atoms with Crippen LogP contribution in [0.25, 0.3) is 0 Å². The number of hydrogen-bond acceptors (Lipinski definition) is 4. The van der Waals surface area contributed by atoms with Gasteiger partial charge >= 0.3 is 5.97 Å². The smallest absolute Gasteiger partial charge is 0.328 e. The first-order valence-corrected chi connectivity index (χ1v) is 3.93. The maximum Gasteiger partial charge on any atom is 0.328 e. The first-order valence-electron chi connectivity index (χ1n) is 3.93. The summed E-state index contributed by atoms with van der Waals surface area (Å²) >= 11 is 0. The van der Waals surface area contributed by atoms with E-state index in [9.17, 15) is 4.79 Å². The molecule has 0 saturated heterocycles. The summed E-state index contributed by atoms with van der Waals surface area (Å²) in [4.78, 5) is 11.1. The lowest BCUT2D eigenvalue weighted by atomic mass is 10.3. The predicted octanol–water partition coefficient (Wildman–Crippen LogP) is 0.521. The maximum absolute atomic E-state index is 11.1. The highest BCUT2D eigenvalue weighted by molar-refractivity contribution is 5.78. The summed E-state index contributed by atoms with van der Waals surface area (Å²) in [5.74, 6) is -0.136. The Morgan fingerprint density at radius 2 is 2.08 bits per heavy atom. The number of nitrogen functional groups attached to an aromatic ring is 1. The molecule has 0 spiro atoms. The van der Waals surface area contributed by atoms with Gasteiger partial charge in [0, 0.05) is 0 Å². The van der Waals surface area contributed by atoms with Gasteiger partial charge in [0.15, 0.2) is 5.75 Å². The standard InChI is InChI=1S/C9H12N2O2/c1-6(10)9(12)13-8-5-3-2-4-7(8)11/h2-6H,10-11H2,1H3/t6-/m0/s1. The highest BCUT2D eigenvalue weighted by Gasteiger charge is 2.11. The monoisotopic (exact) mass is 180 g/mol. The van der Waals surface area contributed by atoms with Crippen LogP contribution < -0.4 is 16.2 Å². The molecule has 0 fully saturated rings. The highest BCUT2D eigenvalue weighted by Crippen LogP contribution is 2.19. The van der Waals surface area contributed by atoms with Crippen molar-refractivity contribution in [2.45, 2.75) is 13.0 Å². The summed E-state index contributed by atoms with van der Waals surface area (Å²) in [5.41, 5.74) is 11.3. The van der Waals surface area contributed by atoms with Gasteiger partial charge in [-0.3, -0.25) is 0 Å². The van der Waals surface area contributed by atoms with Gasteiger partial charge in [0.05, 0.1) is 5.69 Å². The third-order valence-corrected chi connectivity index (χ3v) is 1.50. The fraction of sp³-hybridized carbons (Fsp3) is 0.222. The Bertz CT molecular complexity index is 310. The molecule has 4 N–H and O–H groups in total. The van der Waals surface area contributed by atoms with Crippen molar-refractivity contribution in [2.24, 2.45) is 5.73 Å². The molecule has 0 aromatic heterocycles. The van der Waals surface area contributed by atoms with Crippen LogP contribution in [0.15, 0.2) is 24.3 Å². The van der Waals surface area contributed by atoms with Crippen LogP contribution in [-0.4, -0.2) is 12.0 Å². The number of carbonyl (C=O) groups excluding carboxylic acids is 1. The van der Waals surface area contributed by atoms with E-state index in [4.69, 9.17) is 16.2 Å². The van der Waals surface area contributed by atoms with E-state index >= 15 is 0 Å². The van der Waals surface area contributed by atoms with Gasteiger partial charge in [0.25, 0.3) is 0 Å². The quantitative estimate of drug-likeness (QED) is 0.395. The summed E-state index contributed by atoms with van der Waals surface area (Å²) in [6.07, 6.45) is 0. The van der Waals surface area contributed by atoms with Crippen LogP contribution in [0.2, 0.25) is 0 Å². The molecular formula is C9H12N2O2. The van der Waals surface area contributed by atoms with Crippen LogP contribution in [-0.2, 0) is 4.79 Å². The normalized spacial score (nSPS) is 12.2. The molecule has 0 unspecified atom stereocenters. The largest absolute Gasteiger partial charge is 0.423 e. The summed E-state index contributed by atoms with van der Waals surface area (Å²) < 4.78 is 4.92. The Kier molecular flexibility index (Phi) is 2.87. The van der Waals surface area contributed by atoms with Crippen molar-refractivity contribution in [2.75, 3.05) is 5.73 Å². The fourth-order valence-electron chi connectivity index (χ4n) is 0.775. The number of para-hydroxylation sites is 2. The van der Waals surface area contributed by atoms with Gasteiger partial charge in [-0.05, 0) is 19.1 Å². The first-order chi connectivity index (χ1) is 6.11. The van der Waals surface area contributed by atoms with Crippen LogP contribution in [0, 0.1) is 0 Å². The predicted molar refractivity (Wildman–Crippen MR) is 50.1 cm³/mol. The number of benzene rings is 1. The van der Waals surface area contributed by atoms with Crippen molar-refractivity contribution in [3.63, 3.8) is 0 Å². The van der Waals surface area contributed by atoms with E-state index in [2.05, 4.69) is 0 Å². The number of ether oxygens (including phenoxy) is 1. The molecule has 0 aliphatic rings. The molecule has 1 aromatic rings. The number of anilines is 1. The van der Waals surface area contributed by atoms with Gasteiger partial charge in [0.1, 0.15) is 6.04 Å². The Morgan fingerprint density at radius 1 is 1.46 bits per heavy atom. The molecular weight excluding hydrogens is 168 g/mol. The third-order valence-electron chi connectivity index (χ3n) is 1.50. The third kappa shape index (κ3) is 2.45. The molecule has 4 nitrogen and oxygen atoms in total. The molecule has 0 aliphatic carbocycles. The van der Waals surface area contributed by atoms with E-state index < -0.39 is 12.0 Å². The lowest BCUT2D eigenvalue weighted by molar-refractivity contribution is -0.135. The minimum absolute atomic E-state index is 0.352. The second kappa shape index (κ2) is 3.91. The molecule has 1 atom stereocenters. The van der Waals surface area contributed by atoms with E-state index in [1.807, 2.05) is 0 Å². The van der Waals surface area contributed by atoms with E-state index in [1.165, 1.54) is 0 Å². The van der Waals surface area contributed by atoms with Crippen LogP contribution in [0.4, 0.5) is 5.69 Å². The van der Waals surface area contributed by atoms with Crippen LogP contribution in [0.5, 0.6) is 5.75 Å². The SMILES string of the molecule is C[C@H](N)C(=O)Oc1ccccc1N. The molecule has 4 heteroatoms. The number of carbonyl (C=O) groups is 1. The second-order valence-corrected chi connectivity index (χ2v) is 2.75. The molecule has 0 saturated carbocycles. The van der Waals surface area contributed by atoms with E-state index in [1.54, 1.807) is 31.2 Å². The van der Waals surface area contributed by atoms with Crippen LogP contribution in [0.1, 0.15) is 6.92 Å². The van der Waals surface area contributed by atoms with Crippen LogP contribution in [0.3, 0.4) is 0 Å². The van der Waals surface area contributed by atoms with Crippen molar-refractivity contribution < 1.29 is 9.53 Å². The number of esters is 1. The molecule has 70 valence electrons. The van der Waals surface area contributed by atoms with Crippen molar-refractivity contribution in [3.8, 4) is 5.75 Å². The number of hydrogen-bond donors (Lipinski definition) is 2. The van der Waals surface area contributed by atoms with Gasteiger partial charge in [-0.1, -0.05) is 12.1 Å². The number of nitrogens with two attached hydrogens (primary N) is 2. The molecule has 13 heavy (non-hydrogen) atoms. The Morgan fingerprint density at radius 3 is 2.62 bits per heavy atom. The first kappa shape index (κ1) is 9.54. The molecule has 0 aliphatic heterocycles. The van der Waals surface area contributed by atoms with Crippen molar-refractivity contribution in [1.82, 2.24) is 0 Å². The molecule has 0 amide bonds. The zero-order chi connectivity index (χ0) is 9.84. The summed E-state index contributed by atoms with van der Waals surface area (Å²) in [6, 6.07) is 6.14. The lowest BCUT2D eigenvalue weighted by Gasteiger charge is -2.07. The average Bonchev–Trinajstić information content (AvgIpc) is 2.08. The van der Waals surface area contributed by atoms with E-state index in [0.29, 0.717) is 11.4 Å². The molecule has 1 rings (SSSR count). The summed E-state index contributed by atoms with van der Waals surface area (Å²) in [6.45, 7) is 1.56. The molecule has 0 bridgehead atoms. The maximum atomic E-state index is 11.1. The van der Waals surface area contributed by atoms with E-state index in [0.717, 1.165) is 0 Å². The average molecular weight is 180 g/mol. The Labute approximate surface area is 76.5 Å². The van der Waals surface area contributed by atoms with Gasteiger partial charge in [-0.2, -0.15) is 0 Å². The minimum atomic E-state index is -0.639. The Hall–Kier alpha value is -1.55. The zero-order valence-electron chi connectivity index (χ0n) is 7.36. The molecule has 0 radical (unpaired) electrons. The second-order valence-electron chi connectivity index (χ2n) is 2.75. The summed E-state index contributed by atoms with van der Waals surface area (Å²) in [5, 5.41) is 0. The van der Waals surface area contributed by atoms with Crippen molar-refractivity contribution in [1.29, 1.82) is 0 Å². The number of rotatable bonds is 2. The fourth-order valence-corrected chi connectivity index (χ4v) is 0.775. The van der Waals surface area contributed by atoms with E-state index in [-0.39, 0.29) is 0 Å². The van der Waals surface area contributed by atoms with Crippen molar-refractivity contribution >= 4 is 11.7 Å². The van der Waals surface area contributed by atoms with Crippen LogP contribution >= 0.6 is 0 Å². The highest BCUT2D eigenvalue weighted by atomic mass is 16.5. The van der Waals surface area contributed by atoms with Gasteiger partial charge in [-0.25, -0.2) is 4.79 Å². The lowest BCUT2D eigenvalue weighted by Crippen LogP contribution is -2.31. The van der Waals surface area contributed by atoms with Gasteiger partial charge < -0.3 is 16.2 Å². The van der Waals surface area contributed by atoms with Gasteiger partial charge in [0.2, 0.25) is 0 Å². The van der Waals surface area contributed by atoms with Gasteiger partial charge in [-0.15, -0.1) is 0 Å². The topological polar surface area (TPSA) is 78.3 Å². The zero-order valence-corrected chi connectivity index (χ0v) is 7.36. The summed E-state index contributed by atoms with van der Waals surface area (Å²) in [7, 11) is 0. The molecule has 1 aromatic carbocycles. The Balaban J connectivity index is 2.75.